The van der Waals surface area contributed by atoms with Crippen LogP contribution < -0.4 is 4.72 Å². The van der Waals surface area contributed by atoms with Gasteiger partial charge in [-0.3, -0.25) is 9.78 Å². The van der Waals surface area contributed by atoms with E-state index in [4.69, 9.17) is 0 Å². The van der Waals surface area contributed by atoms with Gasteiger partial charge in [0.15, 0.2) is 0 Å². The van der Waals surface area contributed by atoms with Crippen LogP contribution in [0.25, 0.3) is 10.9 Å². The second-order valence-electron chi connectivity index (χ2n) is 4.93. The molecule has 3 rings (SSSR count). The van der Waals surface area contributed by atoms with Crippen LogP contribution in [0, 0.1) is 0 Å². The van der Waals surface area contributed by atoms with Gasteiger partial charge in [-0.05, 0) is 42.1 Å². The van der Waals surface area contributed by atoms with Crippen molar-refractivity contribution in [2.75, 3.05) is 0 Å². The van der Waals surface area contributed by atoms with E-state index in [2.05, 4.69) is 9.71 Å². The number of benzene rings is 1. The van der Waals surface area contributed by atoms with Gasteiger partial charge in [0.1, 0.15) is 0 Å². The van der Waals surface area contributed by atoms with Gasteiger partial charge in [-0.15, -0.1) is 11.3 Å². The fourth-order valence-electron chi connectivity index (χ4n) is 2.26. The van der Waals surface area contributed by atoms with Crippen LogP contribution in [0.4, 0.5) is 0 Å². The minimum absolute atomic E-state index is 0.0626. The molecule has 0 saturated heterocycles. The lowest BCUT2D eigenvalue weighted by molar-refractivity contribution is -0.119. The average molecular weight is 346 g/mol. The van der Waals surface area contributed by atoms with Crippen LogP contribution in [0.3, 0.4) is 0 Å². The molecular formula is C16H14N2O3S2. The Morgan fingerprint density at radius 3 is 2.78 bits per heavy atom. The highest BCUT2D eigenvalue weighted by molar-refractivity contribution is 7.90. The van der Waals surface area contributed by atoms with Crippen molar-refractivity contribution in [2.45, 2.75) is 17.7 Å². The van der Waals surface area contributed by atoms with Crippen molar-refractivity contribution in [1.29, 1.82) is 0 Å². The molecule has 0 unspecified atom stereocenters. The van der Waals surface area contributed by atoms with Gasteiger partial charge >= 0.3 is 0 Å². The lowest BCUT2D eigenvalue weighted by Gasteiger charge is -2.09. The van der Waals surface area contributed by atoms with E-state index in [-0.39, 0.29) is 11.3 Å². The zero-order valence-electron chi connectivity index (χ0n) is 12.1. The summed E-state index contributed by atoms with van der Waals surface area (Å²) in [6, 6.07) is 12.0. The number of fused-ring (bicyclic) bond motifs is 1. The zero-order valence-corrected chi connectivity index (χ0v) is 13.7. The largest absolute Gasteiger partial charge is 0.274 e. The smallest absolute Gasteiger partial charge is 0.264 e. The van der Waals surface area contributed by atoms with Gasteiger partial charge in [0, 0.05) is 22.9 Å². The molecule has 0 atom stereocenters. The Morgan fingerprint density at radius 2 is 2.00 bits per heavy atom. The van der Waals surface area contributed by atoms with Gasteiger partial charge in [0.25, 0.3) is 10.0 Å². The molecule has 1 amide bonds. The lowest BCUT2D eigenvalue weighted by Crippen LogP contribution is -2.30. The van der Waals surface area contributed by atoms with Gasteiger partial charge in [-0.25, -0.2) is 13.1 Å². The Kier molecular flexibility index (Phi) is 4.40. The number of nitrogens with one attached hydrogen (secondary N) is 1. The van der Waals surface area contributed by atoms with E-state index < -0.39 is 15.9 Å². The number of aromatic nitrogens is 1. The van der Waals surface area contributed by atoms with Crippen molar-refractivity contribution < 1.29 is 13.2 Å². The number of aryl methyl sites for hydroxylation is 1. The second kappa shape index (κ2) is 6.47. The Bertz CT molecular complexity index is 930. The van der Waals surface area contributed by atoms with Crippen molar-refractivity contribution in [3.63, 3.8) is 0 Å². The summed E-state index contributed by atoms with van der Waals surface area (Å²) in [4.78, 5) is 17.2. The summed E-state index contributed by atoms with van der Waals surface area (Å²) in [5.41, 5.74) is 0.571. The first-order chi connectivity index (χ1) is 11.1. The molecule has 5 nitrogen and oxygen atoms in total. The van der Waals surface area contributed by atoms with Crippen molar-refractivity contribution in [1.82, 2.24) is 9.71 Å². The molecule has 0 aliphatic rings. The summed E-state index contributed by atoms with van der Waals surface area (Å²) in [5, 5.41) is 2.42. The molecule has 0 fully saturated rings. The number of pyridine rings is 1. The van der Waals surface area contributed by atoms with E-state index in [0.717, 1.165) is 4.88 Å². The van der Waals surface area contributed by atoms with Crippen LogP contribution in [-0.4, -0.2) is 19.3 Å². The molecule has 23 heavy (non-hydrogen) atoms. The fraction of sp³-hybridized carbons (Fsp3) is 0.125. The third-order valence-electron chi connectivity index (χ3n) is 3.32. The SMILES string of the molecule is O=C(CCc1cccs1)NS(=O)(=O)c1cccc2ncccc12. The Morgan fingerprint density at radius 1 is 1.13 bits per heavy atom. The van der Waals surface area contributed by atoms with Gasteiger partial charge in [-0.1, -0.05) is 12.1 Å². The lowest BCUT2D eigenvalue weighted by atomic mass is 10.2. The topological polar surface area (TPSA) is 76.1 Å². The summed E-state index contributed by atoms with van der Waals surface area (Å²) in [7, 11) is -3.91. The third kappa shape index (κ3) is 3.57. The molecule has 1 N–H and O–H groups in total. The maximum absolute atomic E-state index is 12.5. The van der Waals surface area contributed by atoms with Crippen molar-refractivity contribution in [2.24, 2.45) is 0 Å². The molecule has 0 saturated carbocycles. The Balaban J connectivity index is 1.79. The summed E-state index contributed by atoms with van der Waals surface area (Å²) < 4.78 is 27.1. The van der Waals surface area contributed by atoms with Crippen LogP contribution in [-0.2, 0) is 21.2 Å². The van der Waals surface area contributed by atoms with Crippen LogP contribution in [0.1, 0.15) is 11.3 Å². The molecule has 0 spiro atoms. The van der Waals surface area contributed by atoms with E-state index >= 15 is 0 Å². The predicted molar refractivity (Wildman–Crippen MR) is 89.7 cm³/mol. The molecule has 7 heteroatoms. The minimum Gasteiger partial charge on any atom is -0.274 e. The van der Waals surface area contributed by atoms with Crippen LogP contribution in [0.15, 0.2) is 58.9 Å². The van der Waals surface area contributed by atoms with Crippen molar-refractivity contribution in [3.05, 3.63) is 58.9 Å². The molecule has 2 heterocycles. The van der Waals surface area contributed by atoms with E-state index in [0.29, 0.717) is 17.3 Å². The number of hydrogen-bond donors (Lipinski definition) is 1. The second-order valence-corrected chi connectivity index (χ2v) is 7.62. The minimum atomic E-state index is -3.91. The molecule has 2 aromatic heterocycles. The number of nitrogens with zero attached hydrogens (tertiary/aromatic N) is 1. The van der Waals surface area contributed by atoms with E-state index in [1.54, 1.807) is 41.8 Å². The van der Waals surface area contributed by atoms with E-state index in [9.17, 15) is 13.2 Å². The molecule has 0 radical (unpaired) electrons. The first-order valence-corrected chi connectivity index (χ1v) is 9.34. The number of hydrogen-bond acceptors (Lipinski definition) is 5. The summed E-state index contributed by atoms with van der Waals surface area (Å²) in [6.45, 7) is 0. The molecule has 3 aromatic rings. The summed E-state index contributed by atoms with van der Waals surface area (Å²) in [5.74, 6) is -0.515. The number of amides is 1. The van der Waals surface area contributed by atoms with Crippen LogP contribution in [0.5, 0.6) is 0 Å². The average Bonchev–Trinajstić information content (AvgIpc) is 3.05. The first-order valence-electron chi connectivity index (χ1n) is 6.98. The maximum Gasteiger partial charge on any atom is 0.264 e. The summed E-state index contributed by atoms with van der Waals surface area (Å²) >= 11 is 1.54. The molecule has 0 aliphatic heterocycles. The number of sulfonamides is 1. The van der Waals surface area contributed by atoms with Crippen LogP contribution >= 0.6 is 11.3 Å². The maximum atomic E-state index is 12.5. The number of carbonyl (C=O) groups is 1. The quantitative estimate of drug-likeness (QED) is 0.771. The summed E-state index contributed by atoms with van der Waals surface area (Å²) in [6.07, 6.45) is 2.25. The van der Waals surface area contributed by atoms with Crippen molar-refractivity contribution in [3.8, 4) is 0 Å². The number of rotatable bonds is 5. The van der Waals surface area contributed by atoms with E-state index in [1.807, 2.05) is 17.5 Å². The first kappa shape index (κ1) is 15.6. The molecule has 0 aliphatic carbocycles. The molecule has 118 valence electrons. The predicted octanol–water partition coefficient (Wildman–Crippen LogP) is 2.73. The number of thiophene rings is 1. The highest BCUT2D eigenvalue weighted by atomic mass is 32.2. The molecule has 0 bridgehead atoms. The zero-order chi connectivity index (χ0) is 16.3. The van der Waals surface area contributed by atoms with Crippen LogP contribution in [0.2, 0.25) is 0 Å². The highest BCUT2D eigenvalue weighted by Gasteiger charge is 2.20. The normalized spacial score (nSPS) is 11.5. The van der Waals surface area contributed by atoms with Gasteiger partial charge in [0.2, 0.25) is 5.91 Å². The molecular weight excluding hydrogens is 332 g/mol. The Labute approximate surface area is 138 Å². The van der Waals surface area contributed by atoms with Gasteiger partial charge < -0.3 is 0 Å². The van der Waals surface area contributed by atoms with Crippen molar-refractivity contribution >= 4 is 38.2 Å². The Hall–Kier alpha value is -2.25. The van der Waals surface area contributed by atoms with Gasteiger partial charge in [0.05, 0.1) is 10.4 Å². The molecule has 1 aromatic carbocycles. The highest BCUT2D eigenvalue weighted by Crippen LogP contribution is 2.21. The number of carbonyl (C=O) groups excluding carboxylic acids is 1. The standard InChI is InChI=1S/C16H14N2O3S2/c19-16(9-8-12-4-3-11-22-12)18-23(20,21)15-7-1-6-14-13(15)5-2-10-17-14/h1-7,10-11H,8-9H2,(H,18,19). The third-order valence-corrected chi connectivity index (χ3v) is 5.69. The fourth-order valence-corrected chi connectivity index (χ4v) is 4.20. The monoisotopic (exact) mass is 346 g/mol. The van der Waals surface area contributed by atoms with E-state index in [1.165, 1.54) is 6.07 Å². The van der Waals surface area contributed by atoms with Gasteiger partial charge in [-0.2, -0.15) is 0 Å².